The number of rotatable bonds is 6. The molecule has 1 aliphatic heterocycles. The SMILES string of the molecule is CCOc1cc(CNC2=NCCCN2)ccc1OC(F)F. The number of hydrogen-bond donors (Lipinski definition) is 2. The number of guanidine groups is 1. The van der Waals surface area contributed by atoms with Gasteiger partial charge in [-0.2, -0.15) is 8.78 Å². The van der Waals surface area contributed by atoms with E-state index in [2.05, 4.69) is 20.4 Å². The van der Waals surface area contributed by atoms with Crippen molar-refractivity contribution in [3.63, 3.8) is 0 Å². The maximum absolute atomic E-state index is 12.3. The Kier molecular flexibility index (Phi) is 5.59. The first-order chi connectivity index (χ1) is 10.2. The molecule has 0 unspecified atom stereocenters. The molecule has 1 aromatic rings. The Bertz CT molecular complexity index is 495. The zero-order valence-electron chi connectivity index (χ0n) is 11.9. The fourth-order valence-corrected chi connectivity index (χ4v) is 1.96. The third-order valence-corrected chi connectivity index (χ3v) is 2.88. The summed E-state index contributed by atoms with van der Waals surface area (Å²) in [5.41, 5.74) is 0.898. The molecule has 0 bridgehead atoms. The average molecular weight is 299 g/mol. The highest BCUT2D eigenvalue weighted by molar-refractivity contribution is 5.80. The normalized spacial score (nSPS) is 14.4. The quantitative estimate of drug-likeness (QED) is 0.845. The molecule has 21 heavy (non-hydrogen) atoms. The van der Waals surface area contributed by atoms with E-state index in [1.54, 1.807) is 19.1 Å². The molecule has 0 saturated heterocycles. The lowest BCUT2D eigenvalue weighted by Crippen LogP contribution is -2.40. The van der Waals surface area contributed by atoms with E-state index in [0.29, 0.717) is 18.9 Å². The fraction of sp³-hybridized carbons (Fsp3) is 0.500. The number of benzene rings is 1. The lowest BCUT2D eigenvalue weighted by molar-refractivity contribution is -0.0514. The highest BCUT2D eigenvalue weighted by Gasteiger charge is 2.12. The summed E-state index contributed by atoms with van der Waals surface area (Å²) in [6, 6.07) is 4.90. The summed E-state index contributed by atoms with van der Waals surface area (Å²) in [5.74, 6) is 1.12. The minimum atomic E-state index is -2.87. The molecular formula is C14H19F2N3O2. The predicted octanol–water partition coefficient (Wildman–Crippen LogP) is 2.13. The van der Waals surface area contributed by atoms with Crippen molar-refractivity contribution in [1.29, 1.82) is 0 Å². The molecule has 0 fully saturated rings. The molecule has 2 N–H and O–H groups in total. The Balaban J connectivity index is 2.02. The molecule has 0 aliphatic carbocycles. The van der Waals surface area contributed by atoms with Crippen molar-refractivity contribution < 1.29 is 18.3 Å². The number of nitrogens with one attached hydrogen (secondary N) is 2. The molecule has 2 rings (SSSR count). The van der Waals surface area contributed by atoms with Crippen molar-refractivity contribution in [3.8, 4) is 11.5 Å². The van der Waals surface area contributed by atoms with Crippen LogP contribution < -0.4 is 20.1 Å². The molecule has 0 aromatic heterocycles. The number of hydrogen-bond acceptors (Lipinski definition) is 5. The molecule has 1 aliphatic rings. The van der Waals surface area contributed by atoms with Crippen molar-refractivity contribution in [2.45, 2.75) is 26.5 Å². The summed E-state index contributed by atoms with van der Waals surface area (Å²) in [5, 5.41) is 6.31. The van der Waals surface area contributed by atoms with Gasteiger partial charge >= 0.3 is 6.61 Å². The van der Waals surface area contributed by atoms with Gasteiger partial charge in [0, 0.05) is 19.6 Å². The maximum Gasteiger partial charge on any atom is 0.387 e. The second-order valence-electron chi connectivity index (χ2n) is 4.46. The van der Waals surface area contributed by atoms with Gasteiger partial charge in [0.25, 0.3) is 0 Å². The van der Waals surface area contributed by atoms with Crippen LogP contribution >= 0.6 is 0 Å². The van der Waals surface area contributed by atoms with Gasteiger partial charge in [0.2, 0.25) is 0 Å². The molecule has 0 spiro atoms. The lowest BCUT2D eigenvalue weighted by Gasteiger charge is -2.17. The van der Waals surface area contributed by atoms with Gasteiger partial charge in [-0.05, 0) is 31.0 Å². The Labute approximate surface area is 122 Å². The summed E-state index contributed by atoms with van der Waals surface area (Å²) >= 11 is 0. The van der Waals surface area contributed by atoms with E-state index >= 15 is 0 Å². The van der Waals surface area contributed by atoms with E-state index in [1.807, 2.05) is 0 Å². The summed E-state index contributed by atoms with van der Waals surface area (Å²) in [7, 11) is 0. The van der Waals surface area contributed by atoms with E-state index in [9.17, 15) is 8.78 Å². The van der Waals surface area contributed by atoms with Crippen molar-refractivity contribution in [3.05, 3.63) is 23.8 Å². The van der Waals surface area contributed by atoms with Crippen LogP contribution in [0.25, 0.3) is 0 Å². The first kappa shape index (κ1) is 15.3. The van der Waals surface area contributed by atoms with Gasteiger partial charge in [-0.1, -0.05) is 6.07 Å². The number of nitrogens with zero attached hydrogens (tertiary/aromatic N) is 1. The lowest BCUT2D eigenvalue weighted by atomic mass is 10.2. The van der Waals surface area contributed by atoms with Crippen LogP contribution in [0.1, 0.15) is 18.9 Å². The Hall–Kier alpha value is -2.05. The monoisotopic (exact) mass is 299 g/mol. The average Bonchev–Trinajstić information content (AvgIpc) is 2.48. The zero-order valence-corrected chi connectivity index (χ0v) is 11.9. The molecule has 0 radical (unpaired) electrons. The zero-order chi connectivity index (χ0) is 15.1. The molecule has 0 saturated carbocycles. The third-order valence-electron chi connectivity index (χ3n) is 2.88. The van der Waals surface area contributed by atoms with Gasteiger partial charge in [-0.3, -0.25) is 4.99 Å². The Morgan fingerprint density at radius 2 is 2.24 bits per heavy atom. The molecule has 1 aromatic carbocycles. The first-order valence-corrected chi connectivity index (χ1v) is 6.91. The molecule has 116 valence electrons. The summed E-state index contributed by atoms with van der Waals surface area (Å²) in [6.45, 7) is 1.54. The first-order valence-electron chi connectivity index (χ1n) is 6.91. The number of ether oxygens (including phenoxy) is 2. The molecular weight excluding hydrogens is 280 g/mol. The molecule has 7 heteroatoms. The fourth-order valence-electron chi connectivity index (χ4n) is 1.96. The van der Waals surface area contributed by atoms with Gasteiger partial charge in [-0.15, -0.1) is 0 Å². The standard InChI is InChI=1S/C14H19F2N3O2/c1-2-20-12-8-10(4-5-11(12)21-13(15)16)9-19-14-17-6-3-7-18-14/h4-5,8,13H,2-3,6-7,9H2,1H3,(H2,17,18,19). The summed E-state index contributed by atoms with van der Waals surface area (Å²) in [4.78, 5) is 4.30. The van der Waals surface area contributed by atoms with E-state index in [-0.39, 0.29) is 5.75 Å². The van der Waals surface area contributed by atoms with E-state index in [0.717, 1.165) is 31.0 Å². The number of aliphatic imine (C=N–C) groups is 1. The second kappa shape index (κ2) is 7.66. The van der Waals surface area contributed by atoms with Gasteiger partial charge < -0.3 is 20.1 Å². The smallest absolute Gasteiger partial charge is 0.387 e. The molecule has 0 amide bonds. The number of alkyl halides is 2. The highest BCUT2D eigenvalue weighted by Crippen LogP contribution is 2.29. The topological polar surface area (TPSA) is 54.9 Å². The van der Waals surface area contributed by atoms with Crippen molar-refractivity contribution >= 4 is 5.96 Å². The van der Waals surface area contributed by atoms with Crippen LogP contribution in [-0.4, -0.2) is 32.3 Å². The summed E-state index contributed by atoms with van der Waals surface area (Å²) in [6.07, 6.45) is 1.03. The van der Waals surface area contributed by atoms with Crippen LogP contribution in [0.3, 0.4) is 0 Å². The Morgan fingerprint density at radius 3 is 2.90 bits per heavy atom. The number of halogens is 2. The predicted molar refractivity (Wildman–Crippen MR) is 76.0 cm³/mol. The highest BCUT2D eigenvalue weighted by atomic mass is 19.3. The van der Waals surface area contributed by atoms with Crippen molar-refractivity contribution in [1.82, 2.24) is 10.6 Å². The van der Waals surface area contributed by atoms with Gasteiger partial charge in [0.1, 0.15) is 0 Å². The molecule has 0 atom stereocenters. The summed E-state index contributed by atoms with van der Waals surface area (Å²) < 4.78 is 34.4. The van der Waals surface area contributed by atoms with Crippen LogP contribution in [0.5, 0.6) is 11.5 Å². The van der Waals surface area contributed by atoms with Crippen LogP contribution in [-0.2, 0) is 6.54 Å². The van der Waals surface area contributed by atoms with Crippen LogP contribution in [0, 0.1) is 0 Å². The minimum absolute atomic E-state index is 0.0451. The minimum Gasteiger partial charge on any atom is -0.490 e. The van der Waals surface area contributed by atoms with Crippen LogP contribution in [0.2, 0.25) is 0 Å². The maximum atomic E-state index is 12.3. The second-order valence-corrected chi connectivity index (χ2v) is 4.46. The van der Waals surface area contributed by atoms with E-state index in [1.165, 1.54) is 6.07 Å². The molecule has 5 nitrogen and oxygen atoms in total. The van der Waals surface area contributed by atoms with E-state index in [4.69, 9.17) is 4.74 Å². The Morgan fingerprint density at radius 1 is 1.38 bits per heavy atom. The van der Waals surface area contributed by atoms with E-state index < -0.39 is 6.61 Å². The van der Waals surface area contributed by atoms with Crippen molar-refractivity contribution in [2.24, 2.45) is 4.99 Å². The van der Waals surface area contributed by atoms with Gasteiger partial charge in [0.05, 0.1) is 6.61 Å². The van der Waals surface area contributed by atoms with Gasteiger partial charge in [0.15, 0.2) is 17.5 Å². The van der Waals surface area contributed by atoms with Gasteiger partial charge in [-0.25, -0.2) is 0 Å². The molecule has 1 heterocycles. The van der Waals surface area contributed by atoms with Crippen LogP contribution in [0.4, 0.5) is 8.78 Å². The van der Waals surface area contributed by atoms with Crippen molar-refractivity contribution in [2.75, 3.05) is 19.7 Å². The third kappa shape index (κ3) is 4.77. The van der Waals surface area contributed by atoms with Crippen LogP contribution in [0.15, 0.2) is 23.2 Å². The largest absolute Gasteiger partial charge is 0.490 e.